The molecule has 2 N–H and O–H groups in total. The number of halogens is 1. The summed E-state index contributed by atoms with van der Waals surface area (Å²) < 4.78 is 10.2. The van der Waals surface area contributed by atoms with Crippen LogP contribution in [0.4, 0.5) is 5.69 Å². The molecule has 0 aliphatic rings. The normalized spacial score (nSPS) is 9.12. The molecule has 0 fully saturated rings. The molecule has 0 bridgehead atoms. The van der Waals surface area contributed by atoms with E-state index in [1.165, 1.54) is 25.3 Å². The zero-order valence-corrected chi connectivity index (χ0v) is 9.44. The van der Waals surface area contributed by atoms with Crippen molar-refractivity contribution in [3.05, 3.63) is 28.3 Å². The maximum atomic E-state index is 10.5. The molecular weight excluding hydrogens is 236 g/mol. The third-order valence-electron chi connectivity index (χ3n) is 1.73. The summed E-state index contributed by atoms with van der Waals surface area (Å²) in [6.07, 6.45) is 0. The number of benzene rings is 1. The number of nitro benzene ring substituents is 1. The van der Waals surface area contributed by atoms with Crippen LogP contribution >= 0.6 is 0 Å². The molecule has 0 aliphatic carbocycles. The van der Waals surface area contributed by atoms with Crippen molar-refractivity contribution in [1.82, 2.24) is 0 Å². The predicted molar refractivity (Wildman–Crippen MR) is 54.2 cm³/mol. The Hall–Kier alpha value is -1.53. The minimum atomic E-state index is -0.491. The lowest BCUT2D eigenvalue weighted by molar-refractivity contribution is -0.384. The van der Waals surface area contributed by atoms with E-state index in [0.29, 0.717) is 24.7 Å². The second kappa shape index (κ2) is 6.86. The molecule has 0 aromatic heterocycles. The number of hydrogen-bond acceptors (Lipinski definition) is 5. The SMILES string of the molecule is COc1cc([N+](=O)[O-])ccc1OCCN.[Cl-]. The lowest BCUT2D eigenvalue weighted by atomic mass is 10.3. The summed E-state index contributed by atoms with van der Waals surface area (Å²) in [4.78, 5) is 9.99. The second-order valence-corrected chi connectivity index (χ2v) is 2.73. The molecule has 0 radical (unpaired) electrons. The molecule has 1 aromatic carbocycles. The minimum Gasteiger partial charge on any atom is -1.00 e. The first kappa shape index (κ1) is 14.5. The van der Waals surface area contributed by atoms with Crippen molar-refractivity contribution in [3.8, 4) is 11.5 Å². The third-order valence-corrected chi connectivity index (χ3v) is 1.73. The van der Waals surface area contributed by atoms with Gasteiger partial charge in [-0.3, -0.25) is 10.1 Å². The van der Waals surface area contributed by atoms with Gasteiger partial charge in [-0.05, 0) is 6.07 Å². The lowest BCUT2D eigenvalue weighted by Crippen LogP contribution is -3.00. The molecule has 1 rings (SSSR count). The van der Waals surface area contributed by atoms with E-state index in [-0.39, 0.29) is 18.1 Å². The highest BCUT2D eigenvalue weighted by molar-refractivity contribution is 5.48. The number of methoxy groups -OCH3 is 1. The Morgan fingerprint density at radius 1 is 1.44 bits per heavy atom. The van der Waals surface area contributed by atoms with Gasteiger partial charge in [0.05, 0.1) is 18.1 Å². The Labute approximate surface area is 98.9 Å². The molecule has 0 heterocycles. The predicted octanol–water partition coefficient (Wildman–Crippen LogP) is -2.06. The van der Waals surface area contributed by atoms with Crippen molar-refractivity contribution < 1.29 is 26.8 Å². The van der Waals surface area contributed by atoms with Gasteiger partial charge in [-0.25, -0.2) is 0 Å². The molecule has 16 heavy (non-hydrogen) atoms. The van der Waals surface area contributed by atoms with Crippen molar-refractivity contribution in [2.24, 2.45) is 5.73 Å². The summed E-state index contributed by atoms with van der Waals surface area (Å²) in [5, 5.41) is 10.5. The van der Waals surface area contributed by atoms with Crippen LogP contribution in [-0.2, 0) is 0 Å². The number of nitro groups is 1. The highest BCUT2D eigenvalue weighted by atomic mass is 35.5. The number of rotatable bonds is 5. The largest absolute Gasteiger partial charge is 1.00 e. The number of hydrogen-bond donors (Lipinski definition) is 1. The van der Waals surface area contributed by atoms with Gasteiger partial charge < -0.3 is 27.6 Å². The Balaban J connectivity index is 0.00000225. The molecule has 0 unspecified atom stereocenters. The number of nitrogens with two attached hydrogens (primary N) is 1. The van der Waals surface area contributed by atoms with Gasteiger partial charge in [0.25, 0.3) is 5.69 Å². The van der Waals surface area contributed by atoms with Gasteiger partial charge in [-0.1, -0.05) is 0 Å². The van der Waals surface area contributed by atoms with Crippen molar-refractivity contribution in [1.29, 1.82) is 0 Å². The fraction of sp³-hybridized carbons (Fsp3) is 0.333. The van der Waals surface area contributed by atoms with Crippen molar-refractivity contribution >= 4 is 5.69 Å². The van der Waals surface area contributed by atoms with Crippen molar-refractivity contribution in [2.45, 2.75) is 0 Å². The smallest absolute Gasteiger partial charge is 0.273 e. The van der Waals surface area contributed by atoms with Gasteiger partial charge in [-0.2, -0.15) is 0 Å². The van der Waals surface area contributed by atoms with E-state index in [2.05, 4.69) is 0 Å². The van der Waals surface area contributed by atoms with Crippen LogP contribution in [0.2, 0.25) is 0 Å². The summed E-state index contributed by atoms with van der Waals surface area (Å²) >= 11 is 0. The molecule has 0 saturated carbocycles. The minimum absolute atomic E-state index is 0. The molecule has 0 atom stereocenters. The first-order valence-corrected chi connectivity index (χ1v) is 4.34. The summed E-state index contributed by atoms with van der Waals surface area (Å²) in [6, 6.07) is 4.16. The molecular formula is C9H12ClN2O4-. The van der Waals surface area contributed by atoms with Gasteiger partial charge in [0, 0.05) is 12.6 Å². The van der Waals surface area contributed by atoms with Crippen molar-refractivity contribution in [3.63, 3.8) is 0 Å². The van der Waals surface area contributed by atoms with Crippen LogP contribution in [-0.4, -0.2) is 25.2 Å². The average Bonchev–Trinajstić information content (AvgIpc) is 2.25. The first-order chi connectivity index (χ1) is 7.19. The van der Waals surface area contributed by atoms with E-state index >= 15 is 0 Å². The van der Waals surface area contributed by atoms with E-state index in [0.717, 1.165) is 0 Å². The zero-order chi connectivity index (χ0) is 11.3. The highest BCUT2D eigenvalue weighted by Crippen LogP contribution is 2.30. The topological polar surface area (TPSA) is 87.6 Å². The van der Waals surface area contributed by atoms with Crippen LogP contribution < -0.4 is 27.6 Å². The van der Waals surface area contributed by atoms with E-state index in [1.807, 2.05) is 0 Å². The van der Waals surface area contributed by atoms with Gasteiger partial charge in [0.1, 0.15) is 6.61 Å². The van der Waals surface area contributed by atoms with Gasteiger partial charge >= 0.3 is 0 Å². The fourth-order valence-corrected chi connectivity index (χ4v) is 1.06. The molecule has 90 valence electrons. The third kappa shape index (κ3) is 3.56. The number of ether oxygens (including phenoxy) is 2. The molecule has 0 spiro atoms. The molecule has 6 nitrogen and oxygen atoms in total. The highest BCUT2D eigenvalue weighted by Gasteiger charge is 2.11. The Morgan fingerprint density at radius 3 is 2.62 bits per heavy atom. The van der Waals surface area contributed by atoms with Gasteiger partial charge in [0.15, 0.2) is 11.5 Å². The van der Waals surface area contributed by atoms with Crippen LogP contribution in [0.25, 0.3) is 0 Å². The monoisotopic (exact) mass is 247 g/mol. The van der Waals surface area contributed by atoms with Crippen molar-refractivity contribution in [2.75, 3.05) is 20.3 Å². The van der Waals surface area contributed by atoms with E-state index in [9.17, 15) is 10.1 Å². The Morgan fingerprint density at radius 2 is 2.12 bits per heavy atom. The van der Waals surface area contributed by atoms with E-state index in [4.69, 9.17) is 15.2 Å². The molecule has 0 aliphatic heterocycles. The van der Waals surface area contributed by atoms with E-state index < -0.39 is 4.92 Å². The number of nitrogens with zero attached hydrogens (tertiary/aromatic N) is 1. The second-order valence-electron chi connectivity index (χ2n) is 2.73. The summed E-state index contributed by atoms with van der Waals surface area (Å²) in [5.41, 5.74) is 5.24. The van der Waals surface area contributed by atoms with Crippen LogP contribution in [0.5, 0.6) is 11.5 Å². The lowest BCUT2D eigenvalue weighted by Gasteiger charge is -2.08. The van der Waals surface area contributed by atoms with Crippen LogP contribution in [0.15, 0.2) is 18.2 Å². The maximum Gasteiger partial charge on any atom is 0.273 e. The molecule has 1 aromatic rings. The Bertz CT molecular complexity index is 359. The van der Waals surface area contributed by atoms with Gasteiger partial charge in [0.2, 0.25) is 0 Å². The van der Waals surface area contributed by atoms with Crippen LogP contribution in [0.1, 0.15) is 0 Å². The summed E-state index contributed by atoms with van der Waals surface area (Å²) in [7, 11) is 1.42. The Kier molecular flexibility index (Phi) is 6.21. The molecule has 0 saturated heterocycles. The summed E-state index contributed by atoms with van der Waals surface area (Å²) in [6.45, 7) is 0.717. The molecule has 0 amide bonds. The van der Waals surface area contributed by atoms with Gasteiger partial charge in [-0.15, -0.1) is 0 Å². The maximum absolute atomic E-state index is 10.5. The average molecular weight is 248 g/mol. The zero-order valence-electron chi connectivity index (χ0n) is 8.68. The fourth-order valence-electron chi connectivity index (χ4n) is 1.06. The van der Waals surface area contributed by atoms with Crippen LogP contribution in [0, 0.1) is 10.1 Å². The van der Waals surface area contributed by atoms with E-state index in [1.54, 1.807) is 0 Å². The quantitative estimate of drug-likeness (QED) is 0.478. The summed E-state index contributed by atoms with van der Waals surface area (Å²) in [5.74, 6) is 0.784. The van der Waals surface area contributed by atoms with Crippen LogP contribution in [0.3, 0.4) is 0 Å². The first-order valence-electron chi connectivity index (χ1n) is 4.34. The number of non-ortho nitro benzene ring substituents is 1. The standard InChI is InChI=1S/C9H12N2O4.ClH/c1-14-9-6-7(11(12)13)2-3-8(9)15-5-4-10;/h2-3,6H,4-5,10H2,1H3;1H/p-1. The molecule has 7 heteroatoms.